The Morgan fingerprint density at radius 3 is 2.42 bits per heavy atom. The SMILES string of the molecule is CCC(Sc1nnc(-c2ccc(OC)c(OC)c2)o1)c1ccc(Cl)cc1. The lowest BCUT2D eigenvalue weighted by Gasteiger charge is -2.12. The molecule has 136 valence electrons. The van der Waals surface area contributed by atoms with E-state index < -0.39 is 0 Å². The Balaban J connectivity index is 1.80. The maximum atomic E-state index is 5.97. The van der Waals surface area contributed by atoms with Crippen LogP contribution in [0.15, 0.2) is 52.1 Å². The zero-order valence-electron chi connectivity index (χ0n) is 14.7. The molecule has 0 saturated carbocycles. The third-order valence-electron chi connectivity index (χ3n) is 3.89. The molecule has 3 rings (SSSR count). The quantitative estimate of drug-likeness (QED) is 0.486. The molecule has 0 saturated heterocycles. The number of methoxy groups -OCH3 is 2. The highest BCUT2D eigenvalue weighted by atomic mass is 35.5. The van der Waals surface area contributed by atoms with Gasteiger partial charge in [0.1, 0.15) is 0 Å². The molecule has 1 unspecified atom stereocenters. The number of ether oxygens (including phenoxy) is 2. The number of thioether (sulfide) groups is 1. The highest BCUT2D eigenvalue weighted by molar-refractivity contribution is 7.99. The van der Waals surface area contributed by atoms with Gasteiger partial charge in [0, 0.05) is 15.8 Å². The summed E-state index contributed by atoms with van der Waals surface area (Å²) < 4.78 is 16.4. The Morgan fingerprint density at radius 1 is 1.04 bits per heavy atom. The molecule has 0 aliphatic heterocycles. The number of rotatable bonds is 7. The van der Waals surface area contributed by atoms with Gasteiger partial charge in [0.05, 0.1) is 14.2 Å². The van der Waals surface area contributed by atoms with E-state index in [1.54, 1.807) is 26.0 Å². The van der Waals surface area contributed by atoms with Crippen LogP contribution < -0.4 is 9.47 Å². The number of halogens is 1. The summed E-state index contributed by atoms with van der Waals surface area (Å²) >= 11 is 7.51. The Bertz CT molecular complexity index is 867. The number of aromatic nitrogens is 2. The van der Waals surface area contributed by atoms with E-state index in [-0.39, 0.29) is 5.25 Å². The minimum Gasteiger partial charge on any atom is -0.493 e. The Labute approximate surface area is 161 Å². The van der Waals surface area contributed by atoms with Gasteiger partial charge in [-0.05, 0) is 42.3 Å². The van der Waals surface area contributed by atoms with E-state index in [2.05, 4.69) is 17.1 Å². The molecule has 0 N–H and O–H groups in total. The van der Waals surface area contributed by atoms with Crippen LogP contribution in [0.4, 0.5) is 0 Å². The molecule has 0 bridgehead atoms. The van der Waals surface area contributed by atoms with Gasteiger partial charge in [-0.15, -0.1) is 10.2 Å². The smallest absolute Gasteiger partial charge is 0.277 e. The summed E-state index contributed by atoms with van der Waals surface area (Å²) in [4.78, 5) is 0. The van der Waals surface area contributed by atoms with E-state index in [9.17, 15) is 0 Å². The van der Waals surface area contributed by atoms with Gasteiger partial charge in [-0.25, -0.2) is 0 Å². The van der Waals surface area contributed by atoms with E-state index in [0.717, 1.165) is 17.0 Å². The van der Waals surface area contributed by atoms with Crippen molar-refractivity contribution in [2.75, 3.05) is 14.2 Å². The summed E-state index contributed by atoms with van der Waals surface area (Å²) in [5.74, 6) is 1.71. The van der Waals surface area contributed by atoms with Crippen LogP contribution in [0.1, 0.15) is 24.2 Å². The fourth-order valence-electron chi connectivity index (χ4n) is 2.53. The number of nitrogens with zero attached hydrogens (tertiary/aromatic N) is 2. The molecule has 1 aromatic heterocycles. The van der Waals surface area contributed by atoms with Crippen LogP contribution in [0.2, 0.25) is 5.02 Å². The van der Waals surface area contributed by atoms with E-state index in [4.69, 9.17) is 25.5 Å². The second-order valence-corrected chi connectivity index (χ2v) is 7.10. The minimum absolute atomic E-state index is 0.214. The molecule has 1 atom stereocenters. The molecule has 0 radical (unpaired) electrons. The summed E-state index contributed by atoms with van der Waals surface area (Å²) in [6, 6.07) is 13.3. The number of hydrogen-bond acceptors (Lipinski definition) is 6. The predicted molar refractivity (Wildman–Crippen MR) is 103 cm³/mol. The van der Waals surface area contributed by atoms with Crippen LogP contribution in [0, 0.1) is 0 Å². The van der Waals surface area contributed by atoms with Gasteiger partial charge in [0.15, 0.2) is 11.5 Å². The van der Waals surface area contributed by atoms with Crippen molar-refractivity contribution in [1.82, 2.24) is 10.2 Å². The minimum atomic E-state index is 0.214. The second-order valence-electron chi connectivity index (χ2n) is 5.51. The maximum Gasteiger partial charge on any atom is 0.277 e. The lowest BCUT2D eigenvalue weighted by atomic mass is 10.1. The summed E-state index contributed by atoms with van der Waals surface area (Å²) in [5, 5.41) is 9.79. The van der Waals surface area contributed by atoms with Gasteiger partial charge in [0.2, 0.25) is 5.89 Å². The van der Waals surface area contributed by atoms with Crippen molar-refractivity contribution in [2.24, 2.45) is 0 Å². The van der Waals surface area contributed by atoms with E-state index in [1.165, 1.54) is 5.56 Å². The third kappa shape index (κ3) is 4.14. The fraction of sp³-hybridized carbons (Fsp3) is 0.263. The lowest BCUT2D eigenvalue weighted by Crippen LogP contribution is -1.92. The fourth-order valence-corrected chi connectivity index (χ4v) is 3.57. The van der Waals surface area contributed by atoms with E-state index in [1.807, 2.05) is 42.5 Å². The Kier molecular flexibility index (Phi) is 6.06. The topological polar surface area (TPSA) is 57.4 Å². The van der Waals surface area contributed by atoms with Crippen LogP contribution in [0.3, 0.4) is 0 Å². The van der Waals surface area contributed by atoms with E-state index in [0.29, 0.717) is 22.6 Å². The van der Waals surface area contributed by atoms with Crippen LogP contribution in [-0.2, 0) is 0 Å². The molecule has 3 aromatic rings. The normalized spacial score (nSPS) is 12.0. The number of benzene rings is 2. The first kappa shape index (κ1) is 18.6. The van der Waals surface area contributed by atoms with Crippen molar-refractivity contribution in [2.45, 2.75) is 23.8 Å². The predicted octanol–water partition coefficient (Wildman–Crippen LogP) is 5.65. The second kappa shape index (κ2) is 8.47. The monoisotopic (exact) mass is 390 g/mol. The molecular weight excluding hydrogens is 372 g/mol. The van der Waals surface area contributed by atoms with Crippen molar-refractivity contribution >= 4 is 23.4 Å². The van der Waals surface area contributed by atoms with Gasteiger partial charge in [-0.3, -0.25) is 0 Å². The van der Waals surface area contributed by atoms with Crippen LogP contribution in [-0.4, -0.2) is 24.4 Å². The molecule has 0 fully saturated rings. The zero-order chi connectivity index (χ0) is 18.5. The molecule has 1 heterocycles. The summed E-state index contributed by atoms with van der Waals surface area (Å²) in [6.45, 7) is 2.12. The average molecular weight is 391 g/mol. The summed E-state index contributed by atoms with van der Waals surface area (Å²) in [5.41, 5.74) is 1.95. The van der Waals surface area contributed by atoms with E-state index >= 15 is 0 Å². The molecule has 0 spiro atoms. The largest absolute Gasteiger partial charge is 0.493 e. The van der Waals surface area contributed by atoms with Crippen molar-refractivity contribution in [1.29, 1.82) is 0 Å². The zero-order valence-corrected chi connectivity index (χ0v) is 16.3. The van der Waals surface area contributed by atoms with Gasteiger partial charge in [-0.1, -0.05) is 42.4 Å². The first-order chi connectivity index (χ1) is 12.6. The van der Waals surface area contributed by atoms with Gasteiger partial charge in [0.25, 0.3) is 5.22 Å². The first-order valence-electron chi connectivity index (χ1n) is 8.12. The highest BCUT2D eigenvalue weighted by Gasteiger charge is 2.17. The molecule has 0 aliphatic carbocycles. The molecular formula is C19H19ClN2O3S. The van der Waals surface area contributed by atoms with Crippen molar-refractivity contribution in [3.63, 3.8) is 0 Å². The van der Waals surface area contributed by atoms with Gasteiger partial charge in [-0.2, -0.15) is 0 Å². The van der Waals surface area contributed by atoms with Crippen molar-refractivity contribution in [3.05, 3.63) is 53.1 Å². The van der Waals surface area contributed by atoms with Crippen LogP contribution >= 0.6 is 23.4 Å². The average Bonchev–Trinajstić information content (AvgIpc) is 3.15. The maximum absolute atomic E-state index is 5.97. The van der Waals surface area contributed by atoms with Crippen LogP contribution in [0.5, 0.6) is 11.5 Å². The third-order valence-corrected chi connectivity index (χ3v) is 5.40. The Hall–Kier alpha value is -2.18. The van der Waals surface area contributed by atoms with Gasteiger partial charge < -0.3 is 13.9 Å². The standard InChI is InChI=1S/C19H19ClN2O3S/c1-4-17(12-5-8-14(20)9-6-12)26-19-22-21-18(25-19)13-7-10-15(23-2)16(11-13)24-3/h5-11,17H,4H2,1-3H3. The molecule has 26 heavy (non-hydrogen) atoms. The first-order valence-corrected chi connectivity index (χ1v) is 9.38. The van der Waals surface area contributed by atoms with Crippen molar-refractivity contribution in [3.8, 4) is 23.0 Å². The highest BCUT2D eigenvalue weighted by Crippen LogP contribution is 2.39. The molecule has 5 nitrogen and oxygen atoms in total. The molecule has 7 heteroatoms. The lowest BCUT2D eigenvalue weighted by molar-refractivity contribution is 0.355. The van der Waals surface area contributed by atoms with Gasteiger partial charge >= 0.3 is 0 Å². The number of hydrogen-bond donors (Lipinski definition) is 0. The van der Waals surface area contributed by atoms with Crippen molar-refractivity contribution < 1.29 is 13.9 Å². The molecule has 2 aromatic carbocycles. The Morgan fingerprint density at radius 2 is 1.77 bits per heavy atom. The molecule has 0 aliphatic rings. The summed E-state index contributed by atoms with van der Waals surface area (Å²) in [7, 11) is 3.19. The molecule has 0 amide bonds. The summed E-state index contributed by atoms with van der Waals surface area (Å²) in [6.07, 6.45) is 0.931. The van der Waals surface area contributed by atoms with Crippen LogP contribution in [0.25, 0.3) is 11.5 Å².